The molecule has 3 aromatic heterocycles. The summed E-state index contributed by atoms with van der Waals surface area (Å²) in [6.45, 7) is 4.55. The number of aromatic nitrogens is 4. The van der Waals surface area contributed by atoms with E-state index in [-0.39, 0.29) is 18.9 Å². The minimum absolute atomic E-state index is 0.190. The summed E-state index contributed by atoms with van der Waals surface area (Å²) in [6, 6.07) is 1.72. The van der Waals surface area contributed by atoms with Gasteiger partial charge in [-0.25, -0.2) is 14.6 Å². The highest BCUT2D eigenvalue weighted by Crippen LogP contribution is 2.30. The number of hydrogen-bond donors (Lipinski definition) is 1. The Hall–Kier alpha value is -2.49. The van der Waals surface area contributed by atoms with Gasteiger partial charge in [0.2, 0.25) is 0 Å². The predicted octanol–water partition coefficient (Wildman–Crippen LogP) is 3.21. The molecule has 0 saturated carbocycles. The van der Waals surface area contributed by atoms with Crippen molar-refractivity contribution in [2.24, 2.45) is 0 Å². The fourth-order valence-electron chi connectivity index (χ4n) is 2.49. The lowest BCUT2D eigenvalue weighted by Gasteiger charge is -2.07. The number of aryl methyl sites for hydroxylation is 2. The van der Waals surface area contributed by atoms with Gasteiger partial charge in [0.25, 0.3) is 5.91 Å². The first-order valence-electron chi connectivity index (χ1n) is 7.92. The molecule has 26 heavy (non-hydrogen) atoms. The van der Waals surface area contributed by atoms with Gasteiger partial charge in [-0.05, 0) is 19.9 Å². The van der Waals surface area contributed by atoms with Crippen LogP contribution in [0.25, 0.3) is 11.0 Å². The second kappa shape index (κ2) is 7.02. The number of fused-ring (bicyclic) bond motifs is 1. The number of nitrogens with zero attached hydrogens (tertiary/aromatic N) is 4. The summed E-state index contributed by atoms with van der Waals surface area (Å²) in [5.74, 6) is -0.325. The highest BCUT2D eigenvalue weighted by Gasteiger charge is 2.33. The number of alkyl halides is 3. The third-order valence-corrected chi connectivity index (χ3v) is 4.72. The zero-order valence-electron chi connectivity index (χ0n) is 14.1. The molecule has 0 spiro atoms. The predicted molar refractivity (Wildman–Crippen MR) is 91.1 cm³/mol. The molecule has 1 N–H and O–H groups in total. The monoisotopic (exact) mass is 383 g/mol. The zero-order valence-corrected chi connectivity index (χ0v) is 14.9. The summed E-state index contributed by atoms with van der Waals surface area (Å²) in [6.07, 6.45) is -2.57. The van der Waals surface area contributed by atoms with Crippen LogP contribution in [-0.2, 0) is 19.1 Å². The van der Waals surface area contributed by atoms with Crippen LogP contribution in [-0.4, -0.2) is 32.2 Å². The Morgan fingerprint density at radius 1 is 1.35 bits per heavy atom. The third-order valence-electron chi connectivity index (χ3n) is 3.81. The molecule has 0 fully saturated rings. The molecule has 3 rings (SSSR count). The molecule has 0 saturated heterocycles. The van der Waals surface area contributed by atoms with E-state index in [1.165, 1.54) is 0 Å². The molecule has 3 heterocycles. The highest BCUT2D eigenvalue weighted by molar-refractivity contribution is 7.09. The van der Waals surface area contributed by atoms with Crippen LogP contribution in [0.5, 0.6) is 0 Å². The van der Waals surface area contributed by atoms with Gasteiger partial charge in [0.1, 0.15) is 0 Å². The number of hydrogen-bond acceptors (Lipinski definition) is 5. The van der Waals surface area contributed by atoms with Crippen molar-refractivity contribution < 1.29 is 18.0 Å². The summed E-state index contributed by atoms with van der Waals surface area (Å²) in [7, 11) is 0. The van der Waals surface area contributed by atoms with E-state index in [0.717, 1.165) is 22.1 Å². The molecule has 0 radical (unpaired) electrons. The number of nitrogens with one attached hydrogen (secondary N) is 1. The summed E-state index contributed by atoms with van der Waals surface area (Å²) in [5, 5.41) is 8.97. The van der Waals surface area contributed by atoms with Gasteiger partial charge in [-0.1, -0.05) is 0 Å². The average molecular weight is 383 g/mol. The van der Waals surface area contributed by atoms with Gasteiger partial charge in [0.05, 0.1) is 22.5 Å². The van der Waals surface area contributed by atoms with Crippen molar-refractivity contribution in [3.05, 3.63) is 39.6 Å². The lowest BCUT2D eigenvalue weighted by molar-refractivity contribution is -0.140. The lowest BCUT2D eigenvalue weighted by Crippen LogP contribution is -2.26. The number of thiazole rings is 1. The fraction of sp³-hybridized carbons (Fsp3) is 0.375. The van der Waals surface area contributed by atoms with Crippen LogP contribution in [0.2, 0.25) is 0 Å². The lowest BCUT2D eigenvalue weighted by atomic mass is 10.1. The maximum absolute atomic E-state index is 12.5. The van der Waals surface area contributed by atoms with Crippen LogP contribution in [0.3, 0.4) is 0 Å². The Kier molecular flexibility index (Phi) is 4.94. The minimum atomic E-state index is -4.45. The molecule has 3 aromatic rings. The van der Waals surface area contributed by atoms with Crippen molar-refractivity contribution in [2.45, 2.75) is 33.0 Å². The number of rotatable bonds is 5. The first-order valence-corrected chi connectivity index (χ1v) is 8.80. The van der Waals surface area contributed by atoms with Gasteiger partial charge in [0.15, 0.2) is 11.3 Å². The molecule has 0 aromatic carbocycles. The van der Waals surface area contributed by atoms with E-state index in [9.17, 15) is 18.0 Å². The van der Waals surface area contributed by atoms with E-state index in [1.54, 1.807) is 23.9 Å². The Bertz CT molecular complexity index is 947. The number of halogens is 3. The fourth-order valence-corrected chi connectivity index (χ4v) is 3.30. The van der Waals surface area contributed by atoms with E-state index < -0.39 is 11.9 Å². The Morgan fingerprint density at radius 3 is 2.77 bits per heavy atom. The molecule has 0 aliphatic carbocycles. The summed E-state index contributed by atoms with van der Waals surface area (Å²) >= 11 is 0.928. The maximum Gasteiger partial charge on any atom is 0.434 e. The summed E-state index contributed by atoms with van der Waals surface area (Å²) in [5.41, 5.74) is 0.799. The van der Waals surface area contributed by atoms with Gasteiger partial charge in [-0.2, -0.15) is 18.3 Å². The second-order valence-corrected chi connectivity index (χ2v) is 6.57. The molecule has 0 aliphatic heterocycles. The molecule has 0 aliphatic rings. The van der Waals surface area contributed by atoms with Crippen LogP contribution < -0.4 is 5.32 Å². The van der Waals surface area contributed by atoms with Crippen molar-refractivity contribution >= 4 is 28.3 Å². The first kappa shape index (κ1) is 18.3. The molecule has 0 bridgehead atoms. The minimum Gasteiger partial charge on any atom is -0.352 e. The molecular weight excluding hydrogens is 367 g/mol. The molecule has 10 heteroatoms. The molecule has 0 atom stereocenters. The maximum atomic E-state index is 12.5. The van der Waals surface area contributed by atoms with Gasteiger partial charge in [-0.3, -0.25) is 4.79 Å². The number of amides is 1. The van der Waals surface area contributed by atoms with Crippen LogP contribution in [0.15, 0.2) is 17.6 Å². The highest BCUT2D eigenvalue weighted by atomic mass is 32.1. The van der Waals surface area contributed by atoms with Crippen LogP contribution >= 0.6 is 11.3 Å². The van der Waals surface area contributed by atoms with Crippen LogP contribution in [0, 0.1) is 6.92 Å². The van der Waals surface area contributed by atoms with Crippen molar-refractivity contribution in [3.8, 4) is 0 Å². The average Bonchev–Trinajstić information content (AvgIpc) is 3.20. The standard InChI is InChI=1S/C16H16F3N5OS/c1-3-24-14-10(7-21-24)6-11(9(2)22-14)15(25)20-5-4-13-23-12(8-26-13)16(17,18)19/h6-8H,3-5H2,1-2H3,(H,20,25). The van der Waals surface area contributed by atoms with Crippen molar-refractivity contribution in [1.82, 2.24) is 25.1 Å². The van der Waals surface area contributed by atoms with E-state index in [4.69, 9.17) is 0 Å². The number of carbonyl (C=O) groups is 1. The molecule has 0 unspecified atom stereocenters. The second-order valence-electron chi connectivity index (χ2n) is 5.62. The van der Waals surface area contributed by atoms with Crippen LogP contribution in [0.1, 0.15) is 33.7 Å². The molecule has 138 valence electrons. The van der Waals surface area contributed by atoms with E-state index in [2.05, 4.69) is 20.4 Å². The molecule has 6 nitrogen and oxygen atoms in total. The Labute approximate surface area is 151 Å². The molecule has 1 amide bonds. The third kappa shape index (κ3) is 3.69. The van der Waals surface area contributed by atoms with E-state index in [0.29, 0.717) is 28.5 Å². The van der Waals surface area contributed by atoms with Gasteiger partial charge >= 0.3 is 6.18 Å². The Morgan fingerprint density at radius 2 is 2.12 bits per heavy atom. The first-order chi connectivity index (χ1) is 12.3. The van der Waals surface area contributed by atoms with E-state index in [1.807, 2.05) is 6.92 Å². The number of pyridine rings is 1. The Balaban J connectivity index is 1.66. The summed E-state index contributed by atoms with van der Waals surface area (Å²) in [4.78, 5) is 20.3. The van der Waals surface area contributed by atoms with Crippen LogP contribution in [0.4, 0.5) is 13.2 Å². The quantitative estimate of drug-likeness (QED) is 0.734. The van der Waals surface area contributed by atoms with Gasteiger partial charge < -0.3 is 5.32 Å². The van der Waals surface area contributed by atoms with Crippen molar-refractivity contribution in [2.75, 3.05) is 6.54 Å². The molecular formula is C16H16F3N5OS. The topological polar surface area (TPSA) is 72.7 Å². The van der Waals surface area contributed by atoms with Crippen molar-refractivity contribution in [1.29, 1.82) is 0 Å². The largest absolute Gasteiger partial charge is 0.434 e. The van der Waals surface area contributed by atoms with E-state index >= 15 is 0 Å². The SMILES string of the molecule is CCn1ncc2cc(C(=O)NCCc3nc(C(F)(F)F)cs3)c(C)nc21. The normalized spacial score (nSPS) is 11.9. The number of carbonyl (C=O) groups excluding carboxylic acids is 1. The van der Waals surface area contributed by atoms with Crippen molar-refractivity contribution in [3.63, 3.8) is 0 Å². The van der Waals surface area contributed by atoms with Gasteiger partial charge in [0, 0.05) is 30.3 Å². The smallest absolute Gasteiger partial charge is 0.352 e. The zero-order chi connectivity index (χ0) is 18.9. The summed E-state index contributed by atoms with van der Waals surface area (Å²) < 4.78 is 39.3. The van der Waals surface area contributed by atoms with Gasteiger partial charge in [-0.15, -0.1) is 11.3 Å².